The number of rotatable bonds is 4. The van der Waals surface area contributed by atoms with Crippen LogP contribution in [0.1, 0.15) is 40.6 Å². The Morgan fingerprint density at radius 1 is 1.14 bits per heavy atom. The van der Waals surface area contributed by atoms with Crippen LogP contribution in [0.25, 0.3) is 11.1 Å². The average molecular weight is 379 g/mol. The first-order valence-electron chi connectivity index (χ1n) is 9.38. The number of carbonyl (C=O) groups is 1. The lowest BCUT2D eigenvalue weighted by molar-refractivity contribution is 0.102. The summed E-state index contributed by atoms with van der Waals surface area (Å²) >= 11 is 0. The molecule has 4 rings (SSSR count). The van der Waals surface area contributed by atoms with Crippen molar-refractivity contribution in [2.24, 2.45) is 0 Å². The van der Waals surface area contributed by atoms with E-state index in [0.717, 1.165) is 42.9 Å². The zero-order chi connectivity index (χ0) is 19.5. The van der Waals surface area contributed by atoms with E-state index in [2.05, 4.69) is 25.6 Å². The van der Waals surface area contributed by atoms with Crippen molar-refractivity contribution in [1.29, 1.82) is 0 Å². The third-order valence-electron chi connectivity index (χ3n) is 5.09. The number of anilines is 1. The van der Waals surface area contributed by atoms with Crippen LogP contribution in [0.15, 0.2) is 42.9 Å². The smallest absolute Gasteiger partial charge is 0.273 e. The van der Waals surface area contributed by atoms with Crippen molar-refractivity contribution >= 4 is 11.6 Å². The molecule has 0 saturated carbocycles. The van der Waals surface area contributed by atoms with Crippen LogP contribution in [-0.4, -0.2) is 33.9 Å². The van der Waals surface area contributed by atoms with Crippen molar-refractivity contribution in [3.63, 3.8) is 0 Å². The van der Waals surface area contributed by atoms with Crippen molar-refractivity contribution in [3.8, 4) is 11.1 Å². The molecule has 0 atom stereocenters. The summed E-state index contributed by atoms with van der Waals surface area (Å²) in [6, 6.07) is 7.02. The Balaban J connectivity index is 1.53. The summed E-state index contributed by atoms with van der Waals surface area (Å²) in [5.74, 6) is 0.577. The van der Waals surface area contributed by atoms with Gasteiger partial charge in [-0.05, 0) is 56.1 Å². The largest absolute Gasteiger partial charge is 0.338 e. The van der Waals surface area contributed by atoms with Crippen molar-refractivity contribution in [2.75, 3.05) is 18.4 Å². The number of carbonyl (C=O) groups excluding carboxylic acids is 1. The fourth-order valence-electron chi connectivity index (χ4n) is 3.45. The standard InChI is InChI=1S/C21H22FN5O/c1-13-2-3-15(16-8-17(22)11-24-10-16)9-18(13)27-21(28)19-12-25-20(26-19)14-4-6-23-7-5-14/h2-3,8-12,14,23H,4-7H2,1H3,(H,25,26)(H,27,28). The number of imidazole rings is 1. The summed E-state index contributed by atoms with van der Waals surface area (Å²) < 4.78 is 13.5. The molecule has 1 aliphatic rings. The van der Waals surface area contributed by atoms with E-state index in [-0.39, 0.29) is 5.91 Å². The molecular formula is C21H22FN5O. The van der Waals surface area contributed by atoms with Gasteiger partial charge in [0.2, 0.25) is 0 Å². The zero-order valence-corrected chi connectivity index (χ0v) is 15.6. The number of amides is 1. The highest BCUT2D eigenvalue weighted by Crippen LogP contribution is 2.26. The lowest BCUT2D eigenvalue weighted by atomic mass is 9.98. The van der Waals surface area contributed by atoms with Gasteiger partial charge < -0.3 is 15.6 Å². The van der Waals surface area contributed by atoms with Gasteiger partial charge in [0.15, 0.2) is 0 Å². The molecule has 1 saturated heterocycles. The summed E-state index contributed by atoms with van der Waals surface area (Å²) in [4.78, 5) is 24.2. The maximum absolute atomic E-state index is 13.5. The SMILES string of the molecule is Cc1ccc(-c2cncc(F)c2)cc1NC(=O)c1cnc(C2CCNCC2)[nH]1. The molecule has 0 aliphatic carbocycles. The highest BCUT2D eigenvalue weighted by atomic mass is 19.1. The van der Waals surface area contributed by atoms with Gasteiger partial charge in [0.1, 0.15) is 17.3 Å². The van der Waals surface area contributed by atoms with E-state index >= 15 is 0 Å². The van der Waals surface area contributed by atoms with Gasteiger partial charge in [-0.3, -0.25) is 9.78 Å². The van der Waals surface area contributed by atoms with Crippen LogP contribution in [0.3, 0.4) is 0 Å². The van der Waals surface area contributed by atoms with Gasteiger partial charge >= 0.3 is 0 Å². The topological polar surface area (TPSA) is 82.7 Å². The minimum Gasteiger partial charge on any atom is -0.338 e. The number of aromatic nitrogens is 3. The molecular weight excluding hydrogens is 357 g/mol. The van der Waals surface area contributed by atoms with E-state index in [1.807, 2.05) is 25.1 Å². The third-order valence-corrected chi connectivity index (χ3v) is 5.09. The predicted molar refractivity (Wildman–Crippen MR) is 106 cm³/mol. The van der Waals surface area contributed by atoms with E-state index in [0.29, 0.717) is 22.9 Å². The first kappa shape index (κ1) is 18.3. The van der Waals surface area contributed by atoms with Gasteiger partial charge in [-0.1, -0.05) is 12.1 Å². The molecule has 2 aromatic heterocycles. The van der Waals surface area contributed by atoms with Crippen LogP contribution in [-0.2, 0) is 0 Å². The molecule has 6 nitrogen and oxygen atoms in total. The Morgan fingerprint density at radius 2 is 1.96 bits per heavy atom. The van der Waals surface area contributed by atoms with Gasteiger partial charge in [-0.15, -0.1) is 0 Å². The summed E-state index contributed by atoms with van der Waals surface area (Å²) in [6.07, 6.45) is 6.37. The Hall–Kier alpha value is -3.06. The lowest BCUT2D eigenvalue weighted by Crippen LogP contribution is -2.27. The molecule has 3 aromatic rings. The van der Waals surface area contributed by atoms with Gasteiger partial charge in [0, 0.05) is 23.4 Å². The number of halogens is 1. The fraction of sp³-hybridized carbons (Fsp3) is 0.286. The molecule has 0 unspecified atom stereocenters. The predicted octanol–water partition coefficient (Wildman–Crippen LogP) is 3.64. The highest BCUT2D eigenvalue weighted by Gasteiger charge is 2.20. The maximum Gasteiger partial charge on any atom is 0.273 e. The van der Waals surface area contributed by atoms with Gasteiger partial charge in [-0.25, -0.2) is 9.37 Å². The van der Waals surface area contributed by atoms with E-state index in [1.54, 1.807) is 12.4 Å². The summed E-state index contributed by atoms with van der Waals surface area (Å²) in [6.45, 7) is 3.85. The number of benzene rings is 1. The first-order valence-corrected chi connectivity index (χ1v) is 9.38. The number of nitrogens with zero attached hydrogens (tertiary/aromatic N) is 2. The molecule has 1 aliphatic heterocycles. The molecule has 0 bridgehead atoms. The highest BCUT2D eigenvalue weighted by molar-refractivity contribution is 6.03. The van der Waals surface area contributed by atoms with E-state index in [1.165, 1.54) is 12.3 Å². The molecule has 3 N–H and O–H groups in total. The van der Waals surface area contributed by atoms with Gasteiger partial charge in [0.25, 0.3) is 5.91 Å². The molecule has 1 amide bonds. The minimum absolute atomic E-state index is 0.245. The third kappa shape index (κ3) is 3.94. The van der Waals surface area contributed by atoms with E-state index in [9.17, 15) is 9.18 Å². The number of aryl methyl sites for hydroxylation is 1. The van der Waals surface area contributed by atoms with E-state index < -0.39 is 5.82 Å². The second-order valence-corrected chi connectivity index (χ2v) is 7.08. The van der Waals surface area contributed by atoms with Crippen LogP contribution < -0.4 is 10.6 Å². The number of nitrogens with one attached hydrogen (secondary N) is 3. The summed E-state index contributed by atoms with van der Waals surface area (Å²) in [5, 5.41) is 6.26. The Morgan fingerprint density at radius 3 is 2.75 bits per heavy atom. The number of hydrogen-bond donors (Lipinski definition) is 3. The van der Waals surface area contributed by atoms with Crippen LogP contribution in [0.2, 0.25) is 0 Å². The number of H-pyrrole nitrogens is 1. The normalized spacial score (nSPS) is 14.8. The molecule has 28 heavy (non-hydrogen) atoms. The first-order chi connectivity index (χ1) is 13.6. The zero-order valence-electron chi connectivity index (χ0n) is 15.6. The molecule has 3 heterocycles. The Bertz CT molecular complexity index is 994. The number of hydrogen-bond acceptors (Lipinski definition) is 4. The molecule has 7 heteroatoms. The second kappa shape index (κ2) is 7.90. The van der Waals surface area contributed by atoms with Crippen molar-refractivity contribution in [3.05, 3.63) is 65.8 Å². The van der Waals surface area contributed by atoms with Crippen LogP contribution in [0, 0.1) is 12.7 Å². The number of aromatic amines is 1. The van der Waals surface area contributed by atoms with Crippen molar-refractivity contribution < 1.29 is 9.18 Å². The monoisotopic (exact) mass is 379 g/mol. The van der Waals surface area contributed by atoms with E-state index in [4.69, 9.17) is 0 Å². The fourth-order valence-corrected chi connectivity index (χ4v) is 3.45. The minimum atomic E-state index is -0.397. The quantitative estimate of drug-likeness (QED) is 0.646. The molecule has 0 radical (unpaired) electrons. The van der Waals surface area contributed by atoms with Crippen molar-refractivity contribution in [1.82, 2.24) is 20.3 Å². The van der Waals surface area contributed by atoms with Crippen LogP contribution in [0.4, 0.5) is 10.1 Å². The number of pyridine rings is 1. The molecule has 144 valence electrons. The lowest BCUT2D eigenvalue weighted by Gasteiger charge is -2.20. The maximum atomic E-state index is 13.5. The van der Waals surface area contributed by atoms with Crippen LogP contribution >= 0.6 is 0 Å². The van der Waals surface area contributed by atoms with Gasteiger partial charge in [0.05, 0.1) is 12.4 Å². The summed E-state index contributed by atoms with van der Waals surface area (Å²) in [5.41, 5.74) is 3.47. The molecule has 1 aromatic carbocycles. The average Bonchev–Trinajstić information content (AvgIpc) is 3.21. The van der Waals surface area contributed by atoms with Gasteiger partial charge in [-0.2, -0.15) is 0 Å². The molecule has 1 fully saturated rings. The van der Waals surface area contributed by atoms with Crippen molar-refractivity contribution in [2.45, 2.75) is 25.7 Å². The number of piperidine rings is 1. The van der Waals surface area contributed by atoms with Crippen LogP contribution in [0.5, 0.6) is 0 Å². The second-order valence-electron chi connectivity index (χ2n) is 7.08. The summed E-state index contributed by atoms with van der Waals surface area (Å²) in [7, 11) is 0. The Kier molecular flexibility index (Phi) is 5.16. The molecule has 0 spiro atoms. The Labute approximate surface area is 162 Å².